The van der Waals surface area contributed by atoms with Crippen LogP contribution >= 0.6 is 0 Å². The number of H-pyrrole nitrogens is 1. The van der Waals surface area contributed by atoms with Gasteiger partial charge >= 0.3 is 0 Å². The summed E-state index contributed by atoms with van der Waals surface area (Å²) in [6.45, 7) is 1.63. The molecule has 0 saturated heterocycles. The molecule has 0 radical (unpaired) electrons. The second-order valence-corrected chi connectivity index (χ2v) is 4.72. The lowest BCUT2D eigenvalue weighted by Crippen LogP contribution is -2.22. The molecule has 3 heteroatoms. The quantitative estimate of drug-likeness (QED) is 0.822. The van der Waals surface area contributed by atoms with Gasteiger partial charge in [-0.2, -0.15) is 0 Å². The van der Waals surface area contributed by atoms with Gasteiger partial charge in [-0.1, -0.05) is 42.5 Å². The number of hydrogen-bond donors (Lipinski definition) is 2. The Bertz CT molecular complexity index is 545. The smallest absolute Gasteiger partial charge is 0.191 e. The summed E-state index contributed by atoms with van der Waals surface area (Å²) in [6.07, 6.45) is 7.54. The minimum atomic E-state index is 0.305. The third kappa shape index (κ3) is 3.06. The van der Waals surface area contributed by atoms with Gasteiger partial charge in [0.1, 0.15) is 6.61 Å². The second kappa shape index (κ2) is 5.76. The number of benzene rings is 1. The topological polar surface area (TPSA) is 37.0 Å². The van der Waals surface area contributed by atoms with Crippen LogP contribution in [0, 0.1) is 0 Å². The molecule has 98 valence electrons. The molecule has 0 saturated carbocycles. The summed E-state index contributed by atoms with van der Waals surface area (Å²) in [5, 5.41) is 3.46. The van der Waals surface area contributed by atoms with Crippen molar-refractivity contribution in [2.75, 3.05) is 6.54 Å². The van der Waals surface area contributed by atoms with Gasteiger partial charge in [-0.05, 0) is 24.1 Å². The minimum absolute atomic E-state index is 0.305. The zero-order valence-corrected chi connectivity index (χ0v) is 10.8. The molecule has 0 aliphatic carbocycles. The first kappa shape index (κ1) is 12.1. The highest BCUT2D eigenvalue weighted by atomic mass is 16.5. The van der Waals surface area contributed by atoms with Crippen LogP contribution in [0.5, 0.6) is 5.88 Å². The Kier molecular flexibility index (Phi) is 3.65. The molecule has 2 aromatic rings. The van der Waals surface area contributed by atoms with Crippen molar-refractivity contribution in [1.82, 2.24) is 10.3 Å². The van der Waals surface area contributed by atoms with Crippen LogP contribution in [0.4, 0.5) is 0 Å². The third-order valence-electron chi connectivity index (χ3n) is 3.28. The summed E-state index contributed by atoms with van der Waals surface area (Å²) in [5.41, 5.74) is 2.40. The molecule has 2 heterocycles. The highest BCUT2D eigenvalue weighted by Crippen LogP contribution is 2.22. The maximum absolute atomic E-state index is 5.76. The Morgan fingerprint density at radius 1 is 1.21 bits per heavy atom. The zero-order valence-electron chi connectivity index (χ0n) is 10.8. The molecule has 3 nitrogen and oxygen atoms in total. The van der Waals surface area contributed by atoms with E-state index in [9.17, 15) is 0 Å². The number of hydrogen-bond acceptors (Lipinski definition) is 2. The van der Waals surface area contributed by atoms with Gasteiger partial charge in [0.15, 0.2) is 5.88 Å². The summed E-state index contributed by atoms with van der Waals surface area (Å²) >= 11 is 0. The SMILES string of the molecule is C1=CC(c2c[nH]c(OCc3ccccc3)c2)NCC1. The van der Waals surface area contributed by atoms with E-state index in [4.69, 9.17) is 4.74 Å². The van der Waals surface area contributed by atoms with Gasteiger partial charge < -0.3 is 15.0 Å². The first-order valence-corrected chi connectivity index (χ1v) is 6.67. The molecule has 0 bridgehead atoms. The Labute approximate surface area is 113 Å². The lowest BCUT2D eigenvalue weighted by molar-refractivity contribution is 0.295. The van der Waals surface area contributed by atoms with E-state index >= 15 is 0 Å². The maximum atomic E-state index is 5.76. The van der Waals surface area contributed by atoms with E-state index in [2.05, 4.69) is 40.7 Å². The van der Waals surface area contributed by atoms with Crippen LogP contribution in [0.1, 0.15) is 23.6 Å². The number of ether oxygens (including phenoxy) is 1. The van der Waals surface area contributed by atoms with Crippen molar-refractivity contribution < 1.29 is 4.74 Å². The van der Waals surface area contributed by atoms with E-state index in [0.29, 0.717) is 12.6 Å². The summed E-state index contributed by atoms with van der Waals surface area (Å²) in [4.78, 5) is 3.18. The van der Waals surface area contributed by atoms with Crippen LogP contribution in [-0.4, -0.2) is 11.5 Å². The molecule has 0 amide bonds. The van der Waals surface area contributed by atoms with Gasteiger partial charge in [0, 0.05) is 12.3 Å². The Balaban J connectivity index is 1.62. The Morgan fingerprint density at radius 2 is 2.11 bits per heavy atom. The van der Waals surface area contributed by atoms with Crippen LogP contribution in [0.3, 0.4) is 0 Å². The van der Waals surface area contributed by atoms with Gasteiger partial charge in [0.05, 0.1) is 6.04 Å². The molecule has 19 heavy (non-hydrogen) atoms. The first-order chi connectivity index (χ1) is 9.42. The summed E-state index contributed by atoms with van der Waals surface area (Å²) in [5.74, 6) is 0.819. The predicted octanol–water partition coefficient (Wildman–Crippen LogP) is 3.18. The third-order valence-corrected chi connectivity index (χ3v) is 3.28. The van der Waals surface area contributed by atoms with E-state index in [1.165, 1.54) is 11.1 Å². The molecule has 0 fully saturated rings. The lowest BCUT2D eigenvalue weighted by Gasteiger charge is -2.16. The summed E-state index contributed by atoms with van der Waals surface area (Å²) in [7, 11) is 0. The van der Waals surface area contributed by atoms with Crippen molar-refractivity contribution in [3.05, 3.63) is 65.9 Å². The van der Waals surface area contributed by atoms with Gasteiger partial charge in [0.25, 0.3) is 0 Å². The van der Waals surface area contributed by atoms with Crippen LogP contribution in [0.25, 0.3) is 0 Å². The van der Waals surface area contributed by atoms with Crippen molar-refractivity contribution in [3.8, 4) is 5.88 Å². The largest absolute Gasteiger partial charge is 0.474 e. The normalized spacial score (nSPS) is 18.4. The maximum Gasteiger partial charge on any atom is 0.191 e. The van der Waals surface area contributed by atoms with Crippen LogP contribution in [0.2, 0.25) is 0 Å². The molecule has 1 unspecified atom stereocenters. The standard InChI is InChI=1S/C16H18N2O/c1-2-6-13(7-3-1)12-19-16-10-14(11-18-16)15-8-4-5-9-17-15/h1-4,6-8,10-11,15,17-18H,5,9,12H2. The van der Waals surface area contributed by atoms with Crippen molar-refractivity contribution in [1.29, 1.82) is 0 Å². The van der Waals surface area contributed by atoms with Gasteiger partial charge in [-0.15, -0.1) is 0 Å². The molecule has 1 aliphatic rings. The fraction of sp³-hybridized carbons (Fsp3) is 0.250. The molecule has 1 atom stereocenters. The lowest BCUT2D eigenvalue weighted by atomic mass is 10.1. The fourth-order valence-electron chi connectivity index (χ4n) is 2.24. The minimum Gasteiger partial charge on any atom is -0.474 e. The van der Waals surface area contributed by atoms with Crippen molar-refractivity contribution in [2.24, 2.45) is 0 Å². The molecular weight excluding hydrogens is 236 g/mol. The van der Waals surface area contributed by atoms with E-state index in [1.54, 1.807) is 0 Å². The molecule has 2 N–H and O–H groups in total. The van der Waals surface area contributed by atoms with E-state index in [0.717, 1.165) is 18.8 Å². The predicted molar refractivity (Wildman–Crippen MR) is 76.1 cm³/mol. The summed E-state index contributed by atoms with van der Waals surface area (Å²) in [6, 6.07) is 12.6. The molecule has 0 spiro atoms. The number of aromatic amines is 1. The van der Waals surface area contributed by atoms with Crippen LogP contribution in [0.15, 0.2) is 54.7 Å². The molecule has 1 aliphatic heterocycles. The fourth-order valence-corrected chi connectivity index (χ4v) is 2.24. The Morgan fingerprint density at radius 3 is 2.89 bits per heavy atom. The highest BCUT2D eigenvalue weighted by molar-refractivity contribution is 5.28. The second-order valence-electron chi connectivity index (χ2n) is 4.72. The Hall–Kier alpha value is -2.00. The van der Waals surface area contributed by atoms with Crippen molar-refractivity contribution in [3.63, 3.8) is 0 Å². The molecule has 1 aromatic carbocycles. The average molecular weight is 254 g/mol. The molecule has 3 rings (SSSR count). The average Bonchev–Trinajstić information content (AvgIpc) is 2.96. The number of aromatic nitrogens is 1. The molecular formula is C16H18N2O. The van der Waals surface area contributed by atoms with Gasteiger partial charge in [0.2, 0.25) is 0 Å². The van der Waals surface area contributed by atoms with Crippen LogP contribution < -0.4 is 10.1 Å². The molecule has 1 aromatic heterocycles. The summed E-state index contributed by atoms with van der Waals surface area (Å²) < 4.78 is 5.76. The highest BCUT2D eigenvalue weighted by Gasteiger charge is 2.12. The van der Waals surface area contributed by atoms with Gasteiger partial charge in [-0.3, -0.25) is 0 Å². The first-order valence-electron chi connectivity index (χ1n) is 6.67. The van der Waals surface area contributed by atoms with Gasteiger partial charge in [-0.25, -0.2) is 0 Å². The zero-order chi connectivity index (χ0) is 12.9. The van der Waals surface area contributed by atoms with Crippen LogP contribution in [-0.2, 0) is 6.61 Å². The number of rotatable bonds is 4. The van der Waals surface area contributed by atoms with E-state index < -0.39 is 0 Å². The van der Waals surface area contributed by atoms with E-state index in [-0.39, 0.29) is 0 Å². The van der Waals surface area contributed by atoms with E-state index in [1.807, 2.05) is 24.4 Å². The monoisotopic (exact) mass is 254 g/mol. The van der Waals surface area contributed by atoms with Crippen molar-refractivity contribution >= 4 is 0 Å². The number of nitrogens with one attached hydrogen (secondary N) is 2. The van der Waals surface area contributed by atoms with Crippen molar-refractivity contribution in [2.45, 2.75) is 19.1 Å².